The first-order valence-corrected chi connectivity index (χ1v) is 5.93. The van der Waals surface area contributed by atoms with E-state index in [2.05, 4.69) is 5.32 Å². The predicted molar refractivity (Wildman–Crippen MR) is 73.7 cm³/mol. The van der Waals surface area contributed by atoms with Crippen molar-refractivity contribution >= 4 is 23.2 Å². The van der Waals surface area contributed by atoms with Crippen molar-refractivity contribution in [1.29, 1.82) is 0 Å². The van der Waals surface area contributed by atoms with Crippen LogP contribution >= 0.6 is 11.6 Å². The average Bonchev–Trinajstić information content (AvgIpc) is 2.39. The van der Waals surface area contributed by atoms with Crippen LogP contribution in [0.4, 0.5) is 5.69 Å². The van der Waals surface area contributed by atoms with Crippen LogP contribution in [0.1, 0.15) is 15.9 Å². The minimum atomic E-state index is -0.166. The Morgan fingerprint density at radius 3 is 2.50 bits per heavy atom. The van der Waals surface area contributed by atoms with E-state index in [-0.39, 0.29) is 5.91 Å². The molecule has 92 valence electrons. The molecule has 0 aromatic heterocycles. The molecule has 2 aromatic carbocycles. The fourth-order valence-corrected chi connectivity index (χ4v) is 1.75. The largest absolute Gasteiger partial charge is 0.326 e. The Balaban J connectivity index is 2.11. The van der Waals surface area contributed by atoms with Gasteiger partial charge in [0.15, 0.2) is 0 Å². The summed E-state index contributed by atoms with van der Waals surface area (Å²) < 4.78 is 0. The lowest BCUT2D eigenvalue weighted by atomic mass is 10.1. The number of halogens is 1. The van der Waals surface area contributed by atoms with Gasteiger partial charge in [-0.3, -0.25) is 4.79 Å². The van der Waals surface area contributed by atoms with E-state index in [9.17, 15) is 4.79 Å². The number of nitrogens with two attached hydrogens (primary N) is 1. The quantitative estimate of drug-likeness (QED) is 0.891. The fraction of sp³-hybridized carbons (Fsp3) is 0.0714. The number of carbonyl (C=O) groups excluding carboxylic acids is 1. The summed E-state index contributed by atoms with van der Waals surface area (Å²) in [7, 11) is 0. The zero-order valence-corrected chi connectivity index (χ0v) is 10.4. The van der Waals surface area contributed by atoms with Crippen LogP contribution in [0, 0.1) is 0 Å². The van der Waals surface area contributed by atoms with Crippen molar-refractivity contribution in [2.75, 3.05) is 5.32 Å². The van der Waals surface area contributed by atoms with E-state index < -0.39 is 0 Å². The van der Waals surface area contributed by atoms with Gasteiger partial charge in [-0.2, -0.15) is 0 Å². The first-order chi connectivity index (χ1) is 8.69. The van der Waals surface area contributed by atoms with Gasteiger partial charge >= 0.3 is 0 Å². The van der Waals surface area contributed by atoms with Crippen LogP contribution in [-0.4, -0.2) is 5.91 Å². The molecule has 0 unspecified atom stereocenters. The lowest BCUT2D eigenvalue weighted by molar-refractivity contribution is 0.102. The Morgan fingerprint density at radius 2 is 1.89 bits per heavy atom. The summed E-state index contributed by atoms with van der Waals surface area (Å²) >= 11 is 5.85. The van der Waals surface area contributed by atoms with Gasteiger partial charge in [-0.25, -0.2) is 0 Å². The molecule has 18 heavy (non-hydrogen) atoms. The Labute approximate surface area is 111 Å². The molecule has 1 amide bonds. The van der Waals surface area contributed by atoms with Crippen molar-refractivity contribution in [2.24, 2.45) is 5.73 Å². The smallest absolute Gasteiger partial charge is 0.255 e. The van der Waals surface area contributed by atoms with Crippen LogP contribution in [0.3, 0.4) is 0 Å². The molecule has 2 rings (SSSR count). The maximum absolute atomic E-state index is 11.9. The molecule has 0 heterocycles. The third kappa shape index (κ3) is 3.09. The van der Waals surface area contributed by atoms with Crippen LogP contribution in [0.2, 0.25) is 5.02 Å². The van der Waals surface area contributed by atoms with Crippen LogP contribution in [0.15, 0.2) is 48.5 Å². The monoisotopic (exact) mass is 260 g/mol. The van der Waals surface area contributed by atoms with Gasteiger partial charge in [-0.05, 0) is 35.9 Å². The number of hydrogen-bond acceptors (Lipinski definition) is 2. The van der Waals surface area contributed by atoms with Crippen molar-refractivity contribution in [1.82, 2.24) is 0 Å². The topological polar surface area (TPSA) is 55.1 Å². The normalized spacial score (nSPS) is 10.1. The molecular formula is C14H13ClN2O. The molecule has 4 heteroatoms. The summed E-state index contributed by atoms with van der Waals surface area (Å²) in [6.45, 7) is 0.468. The zero-order chi connectivity index (χ0) is 13.0. The minimum Gasteiger partial charge on any atom is -0.326 e. The molecule has 3 nitrogen and oxygen atoms in total. The summed E-state index contributed by atoms with van der Waals surface area (Å²) in [5, 5.41) is 3.37. The molecular weight excluding hydrogens is 248 g/mol. The van der Waals surface area contributed by atoms with E-state index in [0.29, 0.717) is 22.8 Å². The molecule has 0 radical (unpaired) electrons. The summed E-state index contributed by atoms with van der Waals surface area (Å²) in [4.78, 5) is 11.9. The first-order valence-electron chi connectivity index (χ1n) is 5.55. The van der Waals surface area contributed by atoms with Gasteiger partial charge in [-0.1, -0.05) is 29.8 Å². The van der Waals surface area contributed by atoms with Crippen LogP contribution < -0.4 is 11.1 Å². The molecule has 0 bridgehead atoms. The number of hydrogen-bond donors (Lipinski definition) is 2. The highest BCUT2D eigenvalue weighted by Gasteiger charge is 2.05. The molecule has 0 atom stereocenters. The summed E-state index contributed by atoms with van der Waals surface area (Å²) in [5.74, 6) is -0.166. The van der Waals surface area contributed by atoms with E-state index in [1.807, 2.05) is 12.1 Å². The lowest BCUT2D eigenvalue weighted by Gasteiger charge is -2.06. The molecule has 2 aromatic rings. The Hall–Kier alpha value is -1.84. The van der Waals surface area contributed by atoms with Crippen LogP contribution in [-0.2, 0) is 6.54 Å². The summed E-state index contributed by atoms with van der Waals surface area (Å²) in [6, 6.07) is 14.2. The average molecular weight is 261 g/mol. The molecule has 0 aliphatic carbocycles. The maximum atomic E-state index is 11.9. The van der Waals surface area contributed by atoms with Gasteiger partial charge in [-0.15, -0.1) is 0 Å². The summed E-state index contributed by atoms with van der Waals surface area (Å²) in [6.07, 6.45) is 0. The Morgan fingerprint density at radius 1 is 1.17 bits per heavy atom. The highest BCUT2D eigenvalue weighted by atomic mass is 35.5. The lowest BCUT2D eigenvalue weighted by Crippen LogP contribution is -2.11. The molecule has 0 fully saturated rings. The maximum Gasteiger partial charge on any atom is 0.255 e. The van der Waals surface area contributed by atoms with Crippen molar-refractivity contribution in [3.8, 4) is 0 Å². The molecule has 3 N–H and O–H groups in total. The second-order valence-corrected chi connectivity index (χ2v) is 4.30. The van der Waals surface area contributed by atoms with Crippen molar-refractivity contribution in [3.05, 3.63) is 64.7 Å². The number of rotatable bonds is 3. The van der Waals surface area contributed by atoms with Gasteiger partial charge in [0.1, 0.15) is 0 Å². The molecule has 0 saturated carbocycles. The van der Waals surface area contributed by atoms with E-state index >= 15 is 0 Å². The molecule has 0 aliphatic rings. The number of anilines is 1. The summed E-state index contributed by atoms with van der Waals surface area (Å²) in [5.41, 5.74) is 7.76. The number of amides is 1. The van der Waals surface area contributed by atoms with Gasteiger partial charge in [0.2, 0.25) is 0 Å². The number of carbonyl (C=O) groups is 1. The first kappa shape index (κ1) is 12.6. The van der Waals surface area contributed by atoms with Crippen molar-refractivity contribution in [3.63, 3.8) is 0 Å². The highest BCUT2D eigenvalue weighted by Crippen LogP contribution is 2.16. The second kappa shape index (κ2) is 5.67. The van der Waals surface area contributed by atoms with E-state index in [4.69, 9.17) is 17.3 Å². The third-order valence-corrected chi connectivity index (χ3v) is 2.77. The van der Waals surface area contributed by atoms with Crippen molar-refractivity contribution in [2.45, 2.75) is 6.54 Å². The van der Waals surface area contributed by atoms with Gasteiger partial charge < -0.3 is 11.1 Å². The zero-order valence-electron chi connectivity index (χ0n) is 9.69. The Kier molecular flexibility index (Phi) is 3.97. The van der Waals surface area contributed by atoms with Crippen molar-refractivity contribution < 1.29 is 4.79 Å². The minimum absolute atomic E-state index is 0.166. The predicted octanol–water partition coefficient (Wildman–Crippen LogP) is 3.05. The molecule has 0 spiro atoms. The fourth-order valence-electron chi connectivity index (χ4n) is 1.56. The van der Waals surface area contributed by atoms with Gasteiger partial charge in [0.05, 0.1) is 0 Å². The van der Waals surface area contributed by atoms with Crippen LogP contribution in [0.25, 0.3) is 0 Å². The number of benzene rings is 2. The van der Waals surface area contributed by atoms with E-state index in [0.717, 1.165) is 5.56 Å². The number of nitrogens with one attached hydrogen (secondary N) is 1. The SMILES string of the molecule is NCc1ccc(C(=O)Nc2cccc(Cl)c2)cc1. The second-order valence-electron chi connectivity index (χ2n) is 3.87. The third-order valence-electron chi connectivity index (χ3n) is 2.53. The van der Waals surface area contributed by atoms with Gasteiger partial charge in [0.25, 0.3) is 5.91 Å². The standard InChI is InChI=1S/C14H13ClN2O/c15-12-2-1-3-13(8-12)17-14(18)11-6-4-10(9-16)5-7-11/h1-8H,9,16H2,(H,17,18). The Bertz CT molecular complexity index is 552. The molecule has 0 aliphatic heterocycles. The van der Waals surface area contributed by atoms with E-state index in [1.165, 1.54) is 0 Å². The van der Waals surface area contributed by atoms with Gasteiger partial charge in [0, 0.05) is 22.8 Å². The molecule has 0 saturated heterocycles. The van der Waals surface area contributed by atoms with Crippen LogP contribution in [0.5, 0.6) is 0 Å². The highest BCUT2D eigenvalue weighted by molar-refractivity contribution is 6.30. The van der Waals surface area contributed by atoms with E-state index in [1.54, 1.807) is 36.4 Å².